The first kappa shape index (κ1) is 14.6. The molecular weight excluding hydrogens is 319 g/mol. The summed E-state index contributed by atoms with van der Waals surface area (Å²) in [4.78, 5) is 0. The topological polar surface area (TPSA) is 66.9 Å². The van der Waals surface area contributed by atoms with Gasteiger partial charge in [-0.05, 0) is 30.5 Å². The van der Waals surface area contributed by atoms with E-state index in [0.717, 1.165) is 18.4 Å². The molecule has 1 fully saturated rings. The number of nitriles is 1. The normalized spacial score (nSPS) is 16.1. The molecule has 1 aromatic carbocycles. The van der Waals surface area contributed by atoms with Gasteiger partial charge in [-0.1, -0.05) is 24.3 Å². The molecular formula is C16H10F3N5. The maximum Gasteiger partial charge on any atom is 0.453 e. The van der Waals surface area contributed by atoms with Crippen LogP contribution in [0.3, 0.4) is 0 Å². The van der Waals surface area contributed by atoms with Crippen molar-refractivity contribution in [2.75, 3.05) is 0 Å². The van der Waals surface area contributed by atoms with Crippen molar-refractivity contribution in [3.63, 3.8) is 0 Å². The third kappa shape index (κ3) is 2.21. The van der Waals surface area contributed by atoms with E-state index in [9.17, 15) is 18.4 Å². The van der Waals surface area contributed by atoms with E-state index in [-0.39, 0.29) is 5.65 Å². The van der Waals surface area contributed by atoms with Gasteiger partial charge in [-0.25, -0.2) is 0 Å². The number of aromatic nitrogens is 4. The molecule has 0 saturated heterocycles. The van der Waals surface area contributed by atoms with Crippen LogP contribution in [0.15, 0.2) is 36.4 Å². The summed E-state index contributed by atoms with van der Waals surface area (Å²) < 4.78 is 39.5. The molecule has 0 amide bonds. The Morgan fingerprint density at radius 1 is 1.04 bits per heavy atom. The number of halogens is 3. The third-order valence-electron chi connectivity index (χ3n) is 4.21. The van der Waals surface area contributed by atoms with Crippen LogP contribution in [0.2, 0.25) is 0 Å². The van der Waals surface area contributed by atoms with Gasteiger partial charge in [0.25, 0.3) is 5.82 Å². The van der Waals surface area contributed by atoms with Crippen molar-refractivity contribution in [2.24, 2.45) is 0 Å². The standard InChI is InChI=1S/C16H10F3N5/c17-16(18,19)14-22-21-13-6-5-12(23-24(13)14)10-1-3-11(4-2-10)15(9-20)7-8-15/h1-6H,7-8H2. The third-order valence-corrected chi connectivity index (χ3v) is 4.21. The van der Waals surface area contributed by atoms with Gasteiger partial charge >= 0.3 is 6.18 Å². The zero-order chi connectivity index (χ0) is 16.9. The summed E-state index contributed by atoms with van der Waals surface area (Å²) in [5.74, 6) is -1.16. The van der Waals surface area contributed by atoms with Crippen LogP contribution in [-0.4, -0.2) is 19.8 Å². The van der Waals surface area contributed by atoms with Gasteiger partial charge in [-0.3, -0.25) is 0 Å². The van der Waals surface area contributed by atoms with Crippen molar-refractivity contribution in [2.45, 2.75) is 24.4 Å². The van der Waals surface area contributed by atoms with E-state index in [4.69, 9.17) is 0 Å². The Morgan fingerprint density at radius 3 is 2.33 bits per heavy atom. The molecule has 2 heterocycles. The molecule has 4 rings (SSSR count). The predicted octanol–water partition coefficient (Wildman–Crippen LogP) is 3.37. The Kier molecular flexibility index (Phi) is 2.91. The Balaban J connectivity index is 1.75. The molecule has 120 valence electrons. The zero-order valence-corrected chi connectivity index (χ0v) is 12.2. The second kappa shape index (κ2) is 4.77. The number of hydrogen-bond donors (Lipinski definition) is 0. The fraction of sp³-hybridized carbons (Fsp3) is 0.250. The van der Waals surface area contributed by atoms with E-state index in [1.54, 1.807) is 18.2 Å². The first-order valence-corrected chi connectivity index (χ1v) is 7.25. The van der Waals surface area contributed by atoms with E-state index in [1.165, 1.54) is 6.07 Å². The molecule has 8 heteroatoms. The minimum Gasteiger partial charge on any atom is -0.197 e. The van der Waals surface area contributed by atoms with Crippen LogP contribution in [0.5, 0.6) is 0 Å². The summed E-state index contributed by atoms with van der Waals surface area (Å²) in [6.45, 7) is 0. The summed E-state index contributed by atoms with van der Waals surface area (Å²) in [5.41, 5.74) is 1.60. The number of benzene rings is 1. The molecule has 0 bridgehead atoms. The van der Waals surface area contributed by atoms with E-state index >= 15 is 0 Å². The molecule has 1 aliphatic rings. The lowest BCUT2D eigenvalue weighted by molar-refractivity contribution is -0.146. The number of hydrogen-bond acceptors (Lipinski definition) is 4. The molecule has 1 saturated carbocycles. The lowest BCUT2D eigenvalue weighted by Crippen LogP contribution is -2.12. The van der Waals surface area contributed by atoms with Crippen molar-refractivity contribution in [1.29, 1.82) is 5.26 Å². The van der Waals surface area contributed by atoms with Crippen LogP contribution >= 0.6 is 0 Å². The largest absolute Gasteiger partial charge is 0.453 e. The maximum atomic E-state index is 12.9. The molecule has 2 aromatic heterocycles. The highest BCUT2D eigenvalue weighted by Crippen LogP contribution is 2.47. The highest BCUT2D eigenvalue weighted by molar-refractivity contribution is 5.61. The molecule has 0 atom stereocenters. The highest BCUT2D eigenvalue weighted by atomic mass is 19.4. The fourth-order valence-corrected chi connectivity index (χ4v) is 2.67. The van der Waals surface area contributed by atoms with Crippen LogP contribution in [0.4, 0.5) is 13.2 Å². The Morgan fingerprint density at radius 2 is 1.75 bits per heavy atom. The van der Waals surface area contributed by atoms with Crippen LogP contribution in [-0.2, 0) is 11.6 Å². The second-order valence-corrected chi connectivity index (χ2v) is 5.78. The number of fused-ring (bicyclic) bond motifs is 1. The van der Waals surface area contributed by atoms with Gasteiger partial charge in [0, 0.05) is 5.56 Å². The quantitative estimate of drug-likeness (QED) is 0.723. The Hall–Kier alpha value is -2.95. The lowest BCUT2D eigenvalue weighted by atomic mass is 9.96. The van der Waals surface area contributed by atoms with Gasteiger partial charge in [-0.2, -0.15) is 28.0 Å². The SMILES string of the molecule is N#CC1(c2ccc(-c3ccc4nnc(C(F)(F)F)n4n3)cc2)CC1. The van der Waals surface area contributed by atoms with Gasteiger partial charge in [0.05, 0.1) is 17.2 Å². The van der Waals surface area contributed by atoms with Gasteiger partial charge in [0.1, 0.15) is 0 Å². The van der Waals surface area contributed by atoms with Crippen molar-refractivity contribution >= 4 is 5.65 Å². The minimum atomic E-state index is -4.62. The average molecular weight is 329 g/mol. The van der Waals surface area contributed by atoms with Crippen LogP contribution < -0.4 is 0 Å². The molecule has 24 heavy (non-hydrogen) atoms. The molecule has 0 radical (unpaired) electrons. The monoisotopic (exact) mass is 329 g/mol. The average Bonchev–Trinajstić information content (AvgIpc) is 3.25. The molecule has 0 spiro atoms. The lowest BCUT2D eigenvalue weighted by Gasteiger charge is -2.08. The Bertz CT molecular complexity index is 962. The summed E-state index contributed by atoms with van der Waals surface area (Å²) in [6, 6.07) is 12.5. The first-order valence-electron chi connectivity index (χ1n) is 7.25. The number of nitrogens with zero attached hydrogens (tertiary/aromatic N) is 5. The second-order valence-electron chi connectivity index (χ2n) is 5.78. The van der Waals surface area contributed by atoms with E-state index in [0.29, 0.717) is 15.8 Å². The first-order chi connectivity index (χ1) is 11.4. The molecule has 0 aliphatic heterocycles. The zero-order valence-electron chi connectivity index (χ0n) is 12.2. The summed E-state index contributed by atoms with van der Waals surface area (Å²) in [5, 5.41) is 19.9. The molecule has 5 nitrogen and oxygen atoms in total. The summed E-state index contributed by atoms with van der Waals surface area (Å²) >= 11 is 0. The fourth-order valence-electron chi connectivity index (χ4n) is 2.67. The molecule has 0 unspecified atom stereocenters. The number of rotatable bonds is 2. The van der Waals surface area contributed by atoms with Crippen LogP contribution in [0.1, 0.15) is 24.2 Å². The van der Waals surface area contributed by atoms with Gasteiger partial charge in [0.2, 0.25) is 0 Å². The van der Waals surface area contributed by atoms with Gasteiger partial charge in [-0.15, -0.1) is 10.2 Å². The van der Waals surface area contributed by atoms with Crippen molar-refractivity contribution in [1.82, 2.24) is 19.8 Å². The highest BCUT2D eigenvalue weighted by Gasteiger charge is 2.44. The van der Waals surface area contributed by atoms with Crippen molar-refractivity contribution < 1.29 is 13.2 Å². The summed E-state index contributed by atoms with van der Waals surface area (Å²) in [7, 11) is 0. The van der Waals surface area contributed by atoms with E-state index in [2.05, 4.69) is 21.4 Å². The smallest absolute Gasteiger partial charge is 0.197 e. The van der Waals surface area contributed by atoms with Crippen LogP contribution in [0, 0.1) is 11.3 Å². The van der Waals surface area contributed by atoms with Gasteiger partial charge in [0.15, 0.2) is 5.65 Å². The predicted molar refractivity (Wildman–Crippen MR) is 77.7 cm³/mol. The van der Waals surface area contributed by atoms with Crippen molar-refractivity contribution in [3.05, 3.63) is 47.8 Å². The van der Waals surface area contributed by atoms with E-state index in [1.807, 2.05) is 12.1 Å². The van der Waals surface area contributed by atoms with Gasteiger partial charge < -0.3 is 0 Å². The summed E-state index contributed by atoms with van der Waals surface area (Å²) in [6.07, 6.45) is -2.95. The maximum absolute atomic E-state index is 12.9. The van der Waals surface area contributed by atoms with E-state index < -0.39 is 17.4 Å². The van der Waals surface area contributed by atoms with Crippen LogP contribution in [0.25, 0.3) is 16.9 Å². The minimum absolute atomic E-state index is 0.0316. The number of alkyl halides is 3. The Labute approximate surface area is 134 Å². The molecule has 0 N–H and O–H groups in total. The molecule has 3 aromatic rings. The molecule has 1 aliphatic carbocycles. The van der Waals surface area contributed by atoms with Crippen molar-refractivity contribution in [3.8, 4) is 17.3 Å².